The molecule has 2 N–H and O–H groups in total. The van der Waals surface area contributed by atoms with Crippen molar-refractivity contribution >= 4 is 41.3 Å². The molecule has 0 saturated carbocycles. The zero-order chi connectivity index (χ0) is 21.3. The molecule has 1 aromatic heterocycles. The number of halogens is 4. The van der Waals surface area contributed by atoms with Gasteiger partial charge in [-0.05, 0) is 30.5 Å². The van der Waals surface area contributed by atoms with Crippen molar-refractivity contribution in [2.75, 3.05) is 34.4 Å². The smallest absolute Gasteiger partial charge is 0.434 e. The fourth-order valence-electron chi connectivity index (χ4n) is 2.60. The summed E-state index contributed by atoms with van der Waals surface area (Å²) < 4.78 is 48.2. The molecule has 0 aliphatic carbocycles. The zero-order valence-electron chi connectivity index (χ0n) is 17.0. The predicted octanol–water partition coefficient (Wildman–Crippen LogP) is 4.14. The minimum atomic E-state index is -4.40. The topological polar surface area (TPSA) is 67.8 Å². The summed E-state index contributed by atoms with van der Waals surface area (Å²) in [5.41, 5.74) is 0.298. The van der Waals surface area contributed by atoms with Gasteiger partial charge in [0.1, 0.15) is 0 Å². The number of benzene rings is 1. The van der Waals surface area contributed by atoms with Gasteiger partial charge in [-0.25, -0.2) is 4.98 Å². The van der Waals surface area contributed by atoms with E-state index in [0.717, 1.165) is 35.1 Å². The van der Waals surface area contributed by atoms with Crippen LogP contribution in [0.1, 0.15) is 22.7 Å². The van der Waals surface area contributed by atoms with Crippen molar-refractivity contribution in [3.8, 4) is 11.5 Å². The van der Waals surface area contributed by atoms with Gasteiger partial charge in [0, 0.05) is 31.9 Å². The van der Waals surface area contributed by atoms with Crippen LogP contribution in [-0.2, 0) is 19.0 Å². The standard InChI is InChI=1S/C19H25F3N4O2S.HI/c1-23-18(25-10-8-17-26-16(12-29-17)19(20,21)22)24-9-4-5-13-6-7-14(27-2)15(11-13)28-3;/h6-7,11-12H,4-5,8-10H2,1-3H3,(H2,23,24,25);1H. The first kappa shape index (κ1) is 26.3. The van der Waals surface area contributed by atoms with Gasteiger partial charge in [0.05, 0.1) is 19.2 Å². The van der Waals surface area contributed by atoms with Gasteiger partial charge in [-0.15, -0.1) is 35.3 Å². The molecule has 0 amide bonds. The summed E-state index contributed by atoms with van der Waals surface area (Å²) in [5.74, 6) is 2.00. The number of rotatable bonds is 9. The first-order valence-corrected chi connectivity index (χ1v) is 9.92. The molecule has 0 spiro atoms. The van der Waals surface area contributed by atoms with Crippen molar-refractivity contribution in [2.45, 2.75) is 25.4 Å². The Kier molecular flexibility index (Phi) is 11.2. The predicted molar refractivity (Wildman–Crippen MR) is 123 cm³/mol. The molecule has 0 bridgehead atoms. The van der Waals surface area contributed by atoms with Crippen LogP contribution in [0, 0.1) is 0 Å². The molecule has 1 aromatic carbocycles. The van der Waals surface area contributed by atoms with E-state index >= 15 is 0 Å². The van der Waals surface area contributed by atoms with Crippen molar-refractivity contribution in [3.63, 3.8) is 0 Å². The third-order valence-corrected chi connectivity index (χ3v) is 4.99. The number of guanidine groups is 1. The number of methoxy groups -OCH3 is 2. The van der Waals surface area contributed by atoms with Crippen LogP contribution in [0.5, 0.6) is 11.5 Å². The van der Waals surface area contributed by atoms with Crippen LogP contribution in [0.25, 0.3) is 0 Å². The first-order valence-electron chi connectivity index (χ1n) is 9.04. The van der Waals surface area contributed by atoms with Crippen molar-refractivity contribution < 1.29 is 22.6 Å². The Morgan fingerprint density at radius 2 is 1.80 bits per heavy atom. The van der Waals surface area contributed by atoms with E-state index in [1.54, 1.807) is 21.3 Å². The molecule has 0 fully saturated rings. The molecule has 0 saturated heterocycles. The van der Waals surface area contributed by atoms with E-state index < -0.39 is 11.9 Å². The molecule has 0 unspecified atom stereocenters. The fourth-order valence-corrected chi connectivity index (χ4v) is 3.40. The third kappa shape index (κ3) is 8.17. The maximum Gasteiger partial charge on any atom is 0.434 e. The molecular weight excluding hydrogens is 532 g/mol. The monoisotopic (exact) mass is 558 g/mol. The minimum Gasteiger partial charge on any atom is -0.493 e. The van der Waals surface area contributed by atoms with Gasteiger partial charge in [-0.1, -0.05) is 6.07 Å². The second kappa shape index (κ2) is 12.8. The normalized spacial score (nSPS) is 11.6. The maximum absolute atomic E-state index is 12.6. The second-order valence-corrected chi connectivity index (χ2v) is 7.04. The summed E-state index contributed by atoms with van der Waals surface area (Å²) in [6.07, 6.45) is -2.28. The van der Waals surface area contributed by atoms with Crippen LogP contribution >= 0.6 is 35.3 Å². The summed E-state index contributed by atoms with van der Waals surface area (Å²) in [4.78, 5) is 7.73. The summed E-state index contributed by atoms with van der Waals surface area (Å²) in [6.45, 7) is 1.14. The van der Waals surface area contributed by atoms with E-state index in [1.165, 1.54) is 0 Å². The highest BCUT2D eigenvalue weighted by molar-refractivity contribution is 14.0. The number of aryl methyl sites for hydroxylation is 1. The van der Waals surface area contributed by atoms with Crippen LogP contribution < -0.4 is 20.1 Å². The molecule has 168 valence electrons. The lowest BCUT2D eigenvalue weighted by Crippen LogP contribution is -2.38. The highest BCUT2D eigenvalue weighted by atomic mass is 127. The van der Waals surface area contributed by atoms with Crippen molar-refractivity contribution in [1.29, 1.82) is 0 Å². The van der Waals surface area contributed by atoms with Crippen LogP contribution in [0.2, 0.25) is 0 Å². The molecule has 0 aliphatic rings. The molecule has 6 nitrogen and oxygen atoms in total. The number of hydrogen-bond donors (Lipinski definition) is 2. The van der Waals surface area contributed by atoms with Crippen LogP contribution in [0.3, 0.4) is 0 Å². The number of nitrogens with one attached hydrogen (secondary N) is 2. The maximum atomic E-state index is 12.6. The Morgan fingerprint density at radius 3 is 2.40 bits per heavy atom. The van der Waals surface area contributed by atoms with Gasteiger partial charge in [0.25, 0.3) is 0 Å². The molecule has 1 heterocycles. The molecule has 2 aromatic rings. The van der Waals surface area contributed by atoms with Gasteiger partial charge in [-0.2, -0.15) is 13.2 Å². The number of hydrogen-bond acceptors (Lipinski definition) is 5. The van der Waals surface area contributed by atoms with E-state index in [1.807, 2.05) is 18.2 Å². The molecule has 0 radical (unpaired) electrons. The average Bonchev–Trinajstić information content (AvgIpc) is 3.19. The van der Waals surface area contributed by atoms with Crippen molar-refractivity contribution in [2.24, 2.45) is 4.99 Å². The number of nitrogens with zero attached hydrogens (tertiary/aromatic N) is 2. The Morgan fingerprint density at radius 1 is 1.10 bits per heavy atom. The second-order valence-electron chi connectivity index (χ2n) is 6.09. The van der Waals surface area contributed by atoms with Crippen LogP contribution in [0.15, 0.2) is 28.6 Å². The van der Waals surface area contributed by atoms with E-state index in [2.05, 4.69) is 20.6 Å². The quantitative estimate of drug-likeness (QED) is 0.210. The Hall–Kier alpha value is -1.76. The molecule has 11 heteroatoms. The van der Waals surface area contributed by atoms with Crippen molar-refractivity contribution in [3.05, 3.63) is 39.8 Å². The molecule has 0 atom stereocenters. The molecule has 2 rings (SSSR count). The molecular formula is C19H26F3IN4O2S. The summed E-state index contributed by atoms with van der Waals surface area (Å²) >= 11 is 1.01. The Bertz CT molecular complexity index is 815. The number of aliphatic imine (C=N–C) groups is 1. The fraction of sp³-hybridized carbons (Fsp3) is 0.474. The Labute approximate surface area is 195 Å². The van der Waals surface area contributed by atoms with Gasteiger partial charge in [0.2, 0.25) is 0 Å². The van der Waals surface area contributed by atoms with Gasteiger partial charge in [0.15, 0.2) is 23.2 Å². The van der Waals surface area contributed by atoms with E-state index in [0.29, 0.717) is 42.0 Å². The summed E-state index contributed by atoms with van der Waals surface area (Å²) in [6, 6.07) is 5.83. The third-order valence-electron chi connectivity index (χ3n) is 4.08. The molecule has 30 heavy (non-hydrogen) atoms. The Balaban J connectivity index is 0.00000450. The average molecular weight is 558 g/mol. The van der Waals surface area contributed by atoms with E-state index in [-0.39, 0.29) is 24.0 Å². The number of thiazole rings is 1. The minimum absolute atomic E-state index is 0. The summed E-state index contributed by atoms with van der Waals surface area (Å²) in [7, 11) is 4.85. The lowest BCUT2D eigenvalue weighted by molar-refractivity contribution is -0.140. The lowest BCUT2D eigenvalue weighted by Gasteiger charge is -2.12. The first-order chi connectivity index (χ1) is 13.9. The SMILES string of the molecule is CN=C(NCCCc1ccc(OC)c(OC)c1)NCCc1nc(C(F)(F)F)cs1.I. The lowest BCUT2D eigenvalue weighted by atomic mass is 10.1. The number of aromatic nitrogens is 1. The van der Waals surface area contributed by atoms with E-state index in [4.69, 9.17) is 9.47 Å². The van der Waals surface area contributed by atoms with Gasteiger partial charge < -0.3 is 20.1 Å². The zero-order valence-corrected chi connectivity index (χ0v) is 20.2. The summed E-state index contributed by atoms with van der Waals surface area (Å²) in [5, 5.41) is 7.76. The highest BCUT2D eigenvalue weighted by Crippen LogP contribution is 2.30. The van der Waals surface area contributed by atoms with Gasteiger partial charge in [-0.3, -0.25) is 4.99 Å². The highest BCUT2D eigenvalue weighted by Gasteiger charge is 2.33. The van der Waals surface area contributed by atoms with Crippen LogP contribution in [0.4, 0.5) is 13.2 Å². The van der Waals surface area contributed by atoms with E-state index in [9.17, 15) is 13.2 Å². The van der Waals surface area contributed by atoms with Crippen LogP contribution in [-0.4, -0.2) is 45.3 Å². The van der Waals surface area contributed by atoms with Crippen molar-refractivity contribution in [1.82, 2.24) is 15.6 Å². The largest absolute Gasteiger partial charge is 0.493 e. The number of ether oxygens (including phenoxy) is 2. The number of alkyl halides is 3. The molecule has 0 aliphatic heterocycles. The van der Waals surface area contributed by atoms with Gasteiger partial charge >= 0.3 is 6.18 Å².